The van der Waals surface area contributed by atoms with Gasteiger partial charge in [0.2, 0.25) is 0 Å². The highest BCUT2D eigenvalue weighted by molar-refractivity contribution is 5.43. The molecule has 0 unspecified atom stereocenters. The minimum Gasteiger partial charge on any atom is -0.0617 e. The van der Waals surface area contributed by atoms with E-state index in [1.807, 2.05) is 24.3 Å². The first-order valence-electron chi connectivity index (χ1n) is 5.84. The highest BCUT2D eigenvalue weighted by Crippen LogP contribution is 2.14. The van der Waals surface area contributed by atoms with Crippen molar-refractivity contribution in [3.05, 3.63) is 71.3 Å². The standard InChI is InChI=1S/C17H15/c1-14(2)17-12-10-16(11-13-17)9-8-15-6-4-3-5-7-15/h4-7,10-14H,1-2H3. The normalized spacial score (nSPS) is 9.82. The topological polar surface area (TPSA) is 0 Å². The van der Waals surface area contributed by atoms with Gasteiger partial charge in [-0.1, -0.05) is 50.0 Å². The van der Waals surface area contributed by atoms with Gasteiger partial charge in [0, 0.05) is 11.1 Å². The van der Waals surface area contributed by atoms with Crippen LogP contribution in [0.2, 0.25) is 0 Å². The molecule has 0 aliphatic rings. The summed E-state index contributed by atoms with van der Waals surface area (Å²) in [7, 11) is 0. The maximum absolute atomic E-state index is 3.16. The Bertz CT molecular complexity index is 522. The molecule has 0 heteroatoms. The third-order valence-corrected chi connectivity index (χ3v) is 2.65. The Morgan fingerprint density at radius 2 is 1.35 bits per heavy atom. The van der Waals surface area contributed by atoms with Crippen molar-refractivity contribution in [3.63, 3.8) is 0 Å². The molecule has 0 atom stereocenters. The molecular weight excluding hydrogens is 204 g/mol. The van der Waals surface area contributed by atoms with Gasteiger partial charge in [0.1, 0.15) is 0 Å². The van der Waals surface area contributed by atoms with Crippen molar-refractivity contribution in [3.8, 4) is 11.8 Å². The summed E-state index contributed by atoms with van der Waals surface area (Å²) >= 11 is 0. The van der Waals surface area contributed by atoms with E-state index in [2.05, 4.69) is 56.0 Å². The van der Waals surface area contributed by atoms with E-state index in [4.69, 9.17) is 0 Å². The van der Waals surface area contributed by atoms with Gasteiger partial charge in [-0.05, 0) is 41.8 Å². The molecule has 17 heavy (non-hydrogen) atoms. The van der Waals surface area contributed by atoms with Gasteiger partial charge in [-0.3, -0.25) is 0 Å². The zero-order valence-corrected chi connectivity index (χ0v) is 10.2. The van der Waals surface area contributed by atoms with Crippen LogP contribution in [0, 0.1) is 17.9 Å². The SMILES string of the molecule is CC(C)c1ccc(C#Cc2cc[c]cc2)cc1. The van der Waals surface area contributed by atoms with Gasteiger partial charge < -0.3 is 0 Å². The number of hydrogen-bond donors (Lipinski definition) is 0. The number of rotatable bonds is 1. The molecule has 0 saturated carbocycles. The summed E-state index contributed by atoms with van der Waals surface area (Å²) in [6.45, 7) is 4.39. The second-order valence-corrected chi connectivity index (χ2v) is 4.32. The van der Waals surface area contributed by atoms with Crippen LogP contribution in [0.1, 0.15) is 36.5 Å². The second-order valence-electron chi connectivity index (χ2n) is 4.32. The van der Waals surface area contributed by atoms with Gasteiger partial charge in [0.05, 0.1) is 0 Å². The van der Waals surface area contributed by atoms with Crippen molar-refractivity contribution >= 4 is 0 Å². The van der Waals surface area contributed by atoms with Crippen LogP contribution in [0.4, 0.5) is 0 Å². The van der Waals surface area contributed by atoms with Crippen molar-refractivity contribution in [2.75, 3.05) is 0 Å². The summed E-state index contributed by atoms with van der Waals surface area (Å²) in [5, 5.41) is 0. The molecule has 0 aliphatic heterocycles. The first-order chi connectivity index (χ1) is 8.25. The minimum absolute atomic E-state index is 0.571. The summed E-state index contributed by atoms with van der Waals surface area (Å²) < 4.78 is 0. The molecule has 0 nitrogen and oxygen atoms in total. The zero-order valence-electron chi connectivity index (χ0n) is 10.2. The highest BCUT2D eigenvalue weighted by Gasteiger charge is 1.96. The van der Waals surface area contributed by atoms with Crippen LogP contribution < -0.4 is 0 Å². The summed E-state index contributed by atoms with van der Waals surface area (Å²) in [6.07, 6.45) is 0. The van der Waals surface area contributed by atoms with E-state index < -0.39 is 0 Å². The third kappa shape index (κ3) is 3.23. The van der Waals surface area contributed by atoms with E-state index in [1.165, 1.54) is 5.56 Å². The van der Waals surface area contributed by atoms with Gasteiger partial charge in [0.25, 0.3) is 0 Å². The van der Waals surface area contributed by atoms with Crippen molar-refractivity contribution in [2.24, 2.45) is 0 Å². The van der Waals surface area contributed by atoms with Crippen LogP contribution in [0.3, 0.4) is 0 Å². The molecule has 0 saturated heterocycles. The molecule has 1 radical (unpaired) electrons. The molecular formula is C17H15. The van der Waals surface area contributed by atoms with E-state index in [-0.39, 0.29) is 0 Å². The Hall–Kier alpha value is -2.00. The fourth-order valence-electron chi connectivity index (χ4n) is 1.57. The fraction of sp³-hybridized carbons (Fsp3) is 0.176. The van der Waals surface area contributed by atoms with E-state index in [0.717, 1.165) is 11.1 Å². The van der Waals surface area contributed by atoms with Crippen LogP contribution in [0.5, 0.6) is 0 Å². The molecule has 0 heterocycles. The molecule has 0 fully saturated rings. The highest BCUT2D eigenvalue weighted by atomic mass is 14.0. The molecule has 0 spiro atoms. The smallest absolute Gasteiger partial charge is 0.0249 e. The predicted molar refractivity (Wildman–Crippen MR) is 71.8 cm³/mol. The van der Waals surface area contributed by atoms with Crippen molar-refractivity contribution in [1.82, 2.24) is 0 Å². The van der Waals surface area contributed by atoms with Gasteiger partial charge in [-0.15, -0.1) is 0 Å². The first-order valence-corrected chi connectivity index (χ1v) is 5.84. The Labute approximate surface area is 103 Å². The van der Waals surface area contributed by atoms with Gasteiger partial charge in [-0.2, -0.15) is 0 Å². The summed E-state index contributed by atoms with van der Waals surface area (Å²) in [4.78, 5) is 0. The minimum atomic E-state index is 0.571. The van der Waals surface area contributed by atoms with Crippen LogP contribution in [-0.2, 0) is 0 Å². The Morgan fingerprint density at radius 1 is 0.824 bits per heavy atom. The van der Waals surface area contributed by atoms with E-state index in [9.17, 15) is 0 Å². The lowest BCUT2D eigenvalue weighted by molar-refractivity contribution is 0.866. The van der Waals surface area contributed by atoms with E-state index >= 15 is 0 Å². The maximum Gasteiger partial charge on any atom is 0.0249 e. The lowest BCUT2D eigenvalue weighted by Gasteiger charge is -2.03. The van der Waals surface area contributed by atoms with Crippen molar-refractivity contribution in [2.45, 2.75) is 19.8 Å². The first kappa shape index (κ1) is 11.5. The van der Waals surface area contributed by atoms with Crippen LogP contribution >= 0.6 is 0 Å². The molecule has 83 valence electrons. The van der Waals surface area contributed by atoms with Crippen LogP contribution in [0.25, 0.3) is 0 Å². The fourth-order valence-corrected chi connectivity index (χ4v) is 1.57. The molecule has 0 amide bonds. The lowest BCUT2D eigenvalue weighted by Crippen LogP contribution is -1.86. The summed E-state index contributed by atoms with van der Waals surface area (Å²) in [5.41, 5.74) is 3.43. The van der Waals surface area contributed by atoms with Crippen LogP contribution in [0.15, 0.2) is 48.5 Å². The summed E-state index contributed by atoms with van der Waals surface area (Å²) in [6, 6.07) is 19.1. The Balaban J connectivity index is 2.17. The monoisotopic (exact) mass is 219 g/mol. The Morgan fingerprint density at radius 3 is 1.88 bits per heavy atom. The average molecular weight is 219 g/mol. The number of benzene rings is 2. The van der Waals surface area contributed by atoms with E-state index in [1.54, 1.807) is 0 Å². The average Bonchev–Trinajstić information content (AvgIpc) is 2.38. The number of hydrogen-bond acceptors (Lipinski definition) is 0. The quantitative estimate of drug-likeness (QED) is 0.636. The second kappa shape index (κ2) is 5.37. The zero-order chi connectivity index (χ0) is 12.1. The largest absolute Gasteiger partial charge is 0.0617 e. The molecule has 0 bridgehead atoms. The maximum atomic E-state index is 3.16. The van der Waals surface area contributed by atoms with Crippen LogP contribution in [-0.4, -0.2) is 0 Å². The third-order valence-electron chi connectivity index (χ3n) is 2.65. The lowest BCUT2D eigenvalue weighted by atomic mass is 10.0. The van der Waals surface area contributed by atoms with Gasteiger partial charge in [-0.25, -0.2) is 0 Å². The van der Waals surface area contributed by atoms with Gasteiger partial charge >= 0.3 is 0 Å². The van der Waals surface area contributed by atoms with Crippen molar-refractivity contribution < 1.29 is 0 Å². The molecule has 0 aromatic heterocycles. The molecule has 2 rings (SSSR count). The van der Waals surface area contributed by atoms with Crippen molar-refractivity contribution in [1.29, 1.82) is 0 Å². The van der Waals surface area contributed by atoms with E-state index in [0.29, 0.717) is 5.92 Å². The molecule has 2 aromatic rings. The van der Waals surface area contributed by atoms with Gasteiger partial charge in [0.15, 0.2) is 0 Å². The Kier molecular flexibility index (Phi) is 3.62. The predicted octanol–water partition coefficient (Wildman–Crippen LogP) is 4.01. The molecule has 2 aromatic carbocycles. The molecule has 0 N–H and O–H groups in total. The molecule has 0 aliphatic carbocycles. The summed E-state index contributed by atoms with van der Waals surface area (Å²) in [5.74, 6) is 6.87.